The predicted octanol–water partition coefficient (Wildman–Crippen LogP) is 2.01. The third-order valence-corrected chi connectivity index (χ3v) is 5.35. The SMILES string of the molecule is COc1ccc([B-](C)(c2ccc(OC)cc2)c2ccc(OC)cc2)cc1.[SH3+]. The molecule has 27 heavy (non-hydrogen) atoms. The molecule has 142 valence electrons. The standard InChI is InChI=1S/C22H24BO3.H2S/c1-23(17-5-11-20(24-2)12-6-17,18-7-13-21(25-3)14-8-18)19-9-15-22(26-4)16-10-19;/h5-16H,1-4H3;1H2/q-1;/p+1. The van der Waals surface area contributed by atoms with Crippen molar-refractivity contribution in [1.29, 1.82) is 0 Å². The quantitative estimate of drug-likeness (QED) is 0.482. The van der Waals surface area contributed by atoms with E-state index in [0.29, 0.717) is 0 Å². The third-order valence-electron chi connectivity index (χ3n) is 5.35. The van der Waals surface area contributed by atoms with Crippen LogP contribution in [-0.4, -0.2) is 27.5 Å². The summed E-state index contributed by atoms with van der Waals surface area (Å²) in [5.41, 5.74) is 3.75. The van der Waals surface area contributed by atoms with E-state index in [1.165, 1.54) is 16.4 Å². The van der Waals surface area contributed by atoms with Gasteiger partial charge in [0.25, 0.3) is 0 Å². The molecule has 0 saturated carbocycles. The zero-order valence-electron chi connectivity index (χ0n) is 16.3. The Kier molecular flexibility index (Phi) is 6.86. The summed E-state index contributed by atoms with van der Waals surface area (Å²) in [5, 5.41) is 0. The summed E-state index contributed by atoms with van der Waals surface area (Å²) in [4.78, 5) is 0. The van der Waals surface area contributed by atoms with E-state index in [4.69, 9.17) is 14.2 Å². The molecule has 0 aliphatic carbocycles. The lowest BCUT2D eigenvalue weighted by atomic mass is 9.17. The molecular weight excluding hydrogens is 355 g/mol. The number of hydrogen-bond acceptors (Lipinski definition) is 3. The Labute approximate surface area is 168 Å². The van der Waals surface area contributed by atoms with Gasteiger partial charge in [0.2, 0.25) is 0 Å². The Morgan fingerprint density at radius 1 is 0.481 bits per heavy atom. The Morgan fingerprint density at radius 3 is 0.889 bits per heavy atom. The van der Waals surface area contributed by atoms with Gasteiger partial charge in [0.1, 0.15) is 17.2 Å². The first kappa shape index (κ1) is 20.8. The summed E-state index contributed by atoms with van der Waals surface area (Å²) in [5.74, 6) is 2.57. The van der Waals surface area contributed by atoms with Crippen LogP contribution in [0.3, 0.4) is 0 Å². The zero-order valence-corrected chi connectivity index (χ0v) is 17.5. The van der Waals surface area contributed by atoms with E-state index in [-0.39, 0.29) is 13.5 Å². The van der Waals surface area contributed by atoms with Crippen molar-refractivity contribution in [1.82, 2.24) is 0 Å². The largest absolute Gasteiger partial charge is 0.497 e. The van der Waals surface area contributed by atoms with Gasteiger partial charge in [-0.3, -0.25) is 0 Å². The smallest absolute Gasteiger partial charge is 0.118 e. The van der Waals surface area contributed by atoms with Crippen LogP contribution in [0, 0.1) is 0 Å². The van der Waals surface area contributed by atoms with Crippen LogP contribution in [0.4, 0.5) is 0 Å². The molecule has 0 radical (unpaired) electrons. The lowest BCUT2D eigenvalue weighted by molar-refractivity contribution is 0.415. The molecule has 0 aliphatic rings. The fourth-order valence-corrected chi connectivity index (χ4v) is 3.54. The van der Waals surface area contributed by atoms with E-state index in [2.05, 4.69) is 43.2 Å². The van der Waals surface area contributed by atoms with Gasteiger partial charge in [-0.25, -0.2) is 0 Å². The van der Waals surface area contributed by atoms with E-state index < -0.39 is 6.15 Å². The van der Waals surface area contributed by atoms with Gasteiger partial charge in [-0.1, -0.05) is 49.9 Å². The Bertz CT molecular complexity index is 731. The topological polar surface area (TPSA) is 27.7 Å². The van der Waals surface area contributed by atoms with Crippen LogP contribution in [0.25, 0.3) is 0 Å². The monoisotopic (exact) mass is 382 g/mol. The zero-order chi connectivity index (χ0) is 18.6. The van der Waals surface area contributed by atoms with Crippen LogP contribution in [0.1, 0.15) is 0 Å². The lowest BCUT2D eigenvalue weighted by Crippen LogP contribution is -2.64. The number of rotatable bonds is 6. The molecule has 3 aromatic carbocycles. The number of hydrogen-bond donors (Lipinski definition) is 0. The van der Waals surface area contributed by atoms with Gasteiger partial charge < -0.3 is 14.2 Å². The highest BCUT2D eigenvalue weighted by atomic mass is 32.1. The van der Waals surface area contributed by atoms with Crippen LogP contribution >= 0.6 is 0 Å². The molecule has 0 unspecified atom stereocenters. The highest BCUT2D eigenvalue weighted by molar-refractivity contribution is 7.37. The fraction of sp³-hybridized carbons (Fsp3) is 0.182. The van der Waals surface area contributed by atoms with Crippen LogP contribution in [0.5, 0.6) is 17.2 Å². The maximum atomic E-state index is 5.33. The Balaban J connectivity index is 0.00000261. The van der Waals surface area contributed by atoms with Gasteiger partial charge in [-0.05, 0) is 36.4 Å². The second kappa shape index (κ2) is 8.91. The van der Waals surface area contributed by atoms with Gasteiger partial charge >= 0.3 is 0 Å². The average Bonchev–Trinajstić information content (AvgIpc) is 2.73. The molecule has 3 rings (SSSR count). The van der Waals surface area contributed by atoms with Crippen molar-refractivity contribution in [2.75, 3.05) is 21.3 Å². The molecule has 3 aromatic rings. The Morgan fingerprint density at radius 2 is 0.704 bits per heavy atom. The van der Waals surface area contributed by atoms with Gasteiger partial charge in [0, 0.05) is 0 Å². The molecule has 0 saturated heterocycles. The third kappa shape index (κ3) is 4.09. The summed E-state index contributed by atoms with van der Waals surface area (Å²) in [7, 11) is 5.06. The molecule has 0 aliphatic heterocycles. The van der Waals surface area contributed by atoms with E-state index >= 15 is 0 Å². The van der Waals surface area contributed by atoms with E-state index in [0.717, 1.165) is 17.2 Å². The first-order valence-corrected chi connectivity index (χ1v) is 8.74. The number of ether oxygens (including phenoxy) is 3. The van der Waals surface area contributed by atoms with E-state index in [1.807, 2.05) is 36.4 Å². The molecule has 3 nitrogen and oxygen atoms in total. The van der Waals surface area contributed by atoms with Gasteiger partial charge in [0.15, 0.2) is 0 Å². The molecule has 0 amide bonds. The average molecular weight is 382 g/mol. The maximum absolute atomic E-state index is 5.33. The van der Waals surface area contributed by atoms with Crippen molar-refractivity contribution in [3.8, 4) is 17.2 Å². The van der Waals surface area contributed by atoms with Crippen molar-refractivity contribution in [3.05, 3.63) is 72.8 Å². The summed E-state index contributed by atoms with van der Waals surface area (Å²) < 4.78 is 16.0. The molecule has 0 heterocycles. The normalized spacial score (nSPS) is 10.7. The second-order valence-electron chi connectivity index (χ2n) is 6.62. The molecule has 0 atom stereocenters. The van der Waals surface area contributed by atoms with Crippen LogP contribution in [0.15, 0.2) is 72.8 Å². The van der Waals surface area contributed by atoms with E-state index in [9.17, 15) is 0 Å². The Hall–Kier alpha value is -2.53. The summed E-state index contributed by atoms with van der Waals surface area (Å²) in [6, 6.07) is 25.0. The van der Waals surface area contributed by atoms with Crippen LogP contribution in [0.2, 0.25) is 6.82 Å². The van der Waals surface area contributed by atoms with E-state index in [1.54, 1.807) is 21.3 Å². The van der Waals surface area contributed by atoms with Crippen molar-refractivity contribution in [2.24, 2.45) is 0 Å². The minimum Gasteiger partial charge on any atom is -0.497 e. The molecule has 0 fully saturated rings. The van der Waals surface area contributed by atoms with Crippen LogP contribution < -0.4 is 30.6 Å². The highest BCUT2D eigenvalue weighted by Gasteiger charge is 2.25. The maximum Gasteiger partial charge on any atom is 0.118 e. The molecule has 0 aromatic heterocycles. The van der Waals surface area contributed by atoms with Crippen LogP contribution in [-0.2, 0) is 13.5 Å². The minimum atomic E-state index is -1.14. The summed E-state index contributed by atoms with van der Waals surface area (Å²) in [6.45, 7) is 2.30. The van der Waals surface area contributed by atoms with Crippen molar-refractivity contribution >= 4 is 36.0 Å². The lowest BCUT2D eigenvalue weighted by Gasteiger charge is -2.39. The van der Waals surface area contributed by atoms with Gasteiger partial charge in [-0.15, -0.1) is 0 Å². The molecule has 0 N–H and O–H groups in total. The first-order chi connectivity index (χ1) is 12.6. The molecule has 5 heteroatoms. The van der Waals surface area contributed by atoms with Gasteiger partial charge in [-0.2, -0.15) is 23.2 Å². The predicted molar refractivity (Wildman–Crippen MR) is 121 cm³/mol. The highest BCUT2D eigenvalue weighted by Crippen LogP contribution is 2.16. The minimum absolute atomic E-state index is 0. The molecule has 0 bridgehead atoms. The number of benzene rings is 3. The number of methoxy groups -OCH3 is 3. The van der Waals surface area contributed by atoms with Crippen molar-refractivity contribution < 1.29 is 14.2 Å². The summed E-state index contributed by atoms with van der Waals surface area (Å²) >= 11 is 0. The second-order valence-corrected chi connectivity index (χ2v) is 6.62. The molecular formula is C22H27BO3S. The van der Waals surface area contributed by atoms with Crippen molar-refractivity contribution in [2.45, 2.75) is 6.82 Å². The van der Waals surface area contributed by atoms with Gasteiger partial charge in [0.05, 0.1) is 27.5 Å². The molecule has 0 spiro atoms. The van der Waals surface area contributed by atoms with Crippen molar-refractivity contribution in [3.63, 3.8) is 0 Å². The fourth-order valence-electron chi connectivity index (χ4n) is 3.54. The summed E-state index contributed by atoms with van der Waals surface area (Å²) in [6.07, 6.45) is -1.14. The first-order valence-electron chi connectivity index (χ1n) is 8.74.